The lowest BCUT2D eigenvalue weighted by molar-refractivity contribution is -0.131. The molecule has 1 aromatic heterocycles. The number of rotatable bonds is 3. The lowest BCUT2D eigenvalue weighted by atomic mass is 10.4. The Bertz CT molecular complexity index is 402. The van der Waals surface area contributed by atoms with Crippen LogP contribution in [0.15, 0.2) is 24.3 Å². The molecule has 0 aliphatic heterocycles. The van der Waals surface area contributed by atoms with Crippen molar-refractivity contribution in [3.05, 3.63) is 29.4 Å². The molecule has 6 nitrogen and oxygen atoms in total. The van der Waals surface area contributed by atoms with E-state index in [2.05, 4.69) is 15.5 Å². The maximum atomic E-state index is 11.0. The number of halogens is 1. The van der Waals surface area contributed by atoms with Crippen molar-refractivity contribution >= 4 is 29.3 Å². The Morgan fingerprint density at radius 1 is 1.33 bits per heavy atom. The maximum Gasteiger partial charge on any atom is 0.328 e. The smallest absolute Gasteiger partial charge is 0.328 e. The molecule has 0 aliphatic carbocycles. The van der Waals surface area contributed by atoms with Crippen LogP contribution in [-0.2, 0) is 9.59 Å². The third kappa shape index (κ3) is 4.19. The van der Waals surface area contributed by atoms with Gasteiger partial charge in [-0.05, 0) is 12.1 Å². The zero-order valence-corrected chi connectivity index (χ0v) is 8.10. The number of anilines is 1. The van der Waals surface area contributed by atoms with E-state index in [0.29, 0.717) is 0 Å². The van der Waals surface area contributed by atoms with Crippen molar-refractivity contribution in [1.29, 1.82) is 0 Å². The molecule has 0 aromatic carbocycles. The zero-order chi connectivity index (χ0) is 11.3. The van der Waals surface area contributed by atoms with Gasteiger partial charge in [0.2, 0.25) is 5.91 Å². The number of hydrogen-bond acceptors (Lipinski definition) is 4. The first-order chi connectivity index (χ1) is 7.08. The summed E-state index contributed by atoms with van der Waals surface area (Å²) in [5, 5.41) is 17.8. The number of nitrogens with one attached hydrogen (secondary N) is 1. The van der Waals surface area contributed by atoms with Gasteiger partial charge in [0.15, 0.2) is 11.0 Å². The van der Waals surface area contributed by atoms with Crippen LogP contribution >= 0.6 is 11.6 Å². The van der Waals surface area contributed by atoms with Gasteiger partial charge in [-0.1, -0.05) is 11.6 Å². The molecule has 78 valence electrons. The van der Waals surface area contributed by atoms with Crippen LogP contribution in [-0.4, -0.2) is 27.2 Å². The number of aromatic nitrogens is 2. The van der Waals surface area contributed by atoms with Crippen molar-refractivity contribution in [2.45, 2.75) is 0 Å². The minimum absolute atomic E-state index is 0.194. The topological polar surface area (TPSA) is 92.2 Å². The second-order valence-corrected chi connectivity index (χ2v) is 2.79. The summed E-state index contributed by atoms with van der Waals surface area (Å²) in [4.78, 5) is 21.1. The third-order valence-corrected chi connectivity index (χ3v) is 1.46. The van der Waals surface area contributed by atoms with E-state index in [9.17, 15) is 9.59 Å². The van der Waals surface area contributed by atoms with Gasteiger partial charge < -0.3 is 10.4 Å². The standard InChI is InChI=1S/C8H6ClN3O3/c9-5-1-2-6(12-11-5)10-7(13)3-4-8(14)15/h1-4H,(H,14,15)(H,10,12,13)/b4-3+. The summed E-state index contributed by atoms with van der Waals surface area (Å²) in [5.41, 5.74) is 0. The number of carboxylic acids is 1. The Morgan fingerprint density at radius 2 is 2.07 bits per heavy atom. The third-order valence-electron chi connectivity index (χ3n) is 1.26. The molecule has 7 heteroatoms. The Kier molecular flexibility index (Phi) is 3.75. The van der Waals surface area contributed by atoms with Crippen molar-refractivity contribution in [1.82, 2.24) is 10.2 Å². The van der Waals surface area contributed by atoms with Crippen molar-refractivity contribution in [2.75, 3.05) is 5.32 Å². The average Bonchev–Trinajstić information content (AvgIpc) is 2.19. The molecule has 0 saturated carbocycles. The molecule has 1 aromatic rings. The minimum atomic E-state index is -1.20. The molecular weight excluding hydrogens is 222 g/mol. The first-order valence-electron chi connectivity index (χ1n) is 3.79. The average molecular weight is 228 g/mol. The van der Waals surface area contributed by atoms with E-state index in [1.165, 1.54) is 12.1 Å². The highest BCUT2D eigenvalue weighted by molar-refractivity contribution is 6.29. The summed E-state index contributed by atoms with van der Waals surface area (Å²) < 4.78 is 0. The van der Waals surface area contributed by atoms with Gasteiger partial charge in [-0.15, -0.1) is 10.2 Å². The minimum Gasteiger partial charge on any atom is -0.478 e. The second-order valence-electron chi connectivity index (χ2n) is 2.40. The lowest BCUT2D eigenvalue weighted by Crippen LogP contribution is -2.10. The molecule has 0 spiro atoms. The van der Waals surface area contributed by atoms with Gasteiger partial charge >= 0.3 is 5.97 Å². The summed E-state index contributed by atoms with van der Waals surface area (Å²) >= 11 is 5.47. The molecule has 0 bridgehead atoms. The summed E-state index contributed by atoms with van der Waals surface area (Å²) in [6.45, 7) is 0. The summed E-state index contributed by atoms with van der Waals surface area (Å²) in [5.74, 6) is -1.61. The molecule has 0 unspecified atom stereocenters. The number of amides is 1. The molecule has 1 amide bonds. The quantitative estimate of drug-likeness (QED) is 0.742. The highest BCUT2D eigenvalue weighted by Crippen LogP contribution is 2.05. The highest BCUT2D eigenvalue weighted by Gasteiger charge is 2.00. The molecule has 0 fully saturated rings. The van der Waals surface area contributed by atoms with Crippen molar-refractivity contribution in [2.24, 2.45) is 0 Å². The molecule has 0 saturated heterocycles. The Labute approximate surface area is 89.6 Å². The number of hydrogen-bond donors (Lipinski definition) is 2. The molecule has 1 heterocycles. The molecule has 15 heavy (non-hydrogen) atoms. The number of carbonyl (C=O) groups excluding carboxylic acids is 1. The fourth-order valence-corrected chi connectivity index (χ4v) is 0.798. The van der Waals surface area contributed by atoms with Gasteiger partial charge in [0.1, 0.15) is 0 Å². The van der Waals surface area contributed by atoms with Crippen LogP contribution in [0, 0.1) is 0 Å². The normalized spacial score (nSPS) is 10.2. The van der Waals surface area contributed by atoms with Crippen LogP contribution in [0.4, 0.5) is 5.82 Å². The van der Waals surface area contributed by atoms with Crippen LogP contribution in [0.5, 0.6) is 0 Å². The monoisotopic (exact) mass is 227 g/mol. The highest BCUT2D eigenvalue weighted by atomic mass is 35.5. The second kappa shape index (κ2) is 5.06. The van der Waals surface area contributed by atoms with E-state index in [-0.39, 0.29) is 11.0 Å². The number of carbonyl (C=O) groups is 2. The molecule has 2 N–H and O–H groups in total. The Morgan fingerprint density at radius 3 is 2.60 bits per heavy atom. The Balaban J connectivity index is 2.59. The largest absolute Gasteiger partial charge is 0.478 e. The van der Waals surface area contributed by atoms with Crippen molar-refractivity contribution in [3.63, 3.8) is 0 Å². The number of carboxylic acid groups (broad SMARTS) is 1. The van der Waals surface area contributed by atoms with Crippen molar-refractivity contribution < 1.29 is 14.7 Å². The van der Waals surface area contributed by atoms with Crippen LogP contribution in [0.1, 0.15) is 0 Å². The molecule has 0 radical (unpaired) electrons. The SMILES string of the molecule is O=C(O)/C=C/C(=O)Nc1ccc(Cl)nn1. The van der Waals surface area contributed by atoms with Crippen LogP contribution in [0.3, 0.4) is 0 Å². The van der Waals surface area contributed by atoms with E-state index in [4.69, 9.17) is 16.7 Å². The molecular formula is C8H6ClN3O3. The first kappa shape index (κ1) is 11.1. The van der Waals surface area contributed by atoms with Gasteiger partial charge in [0, 0.05) is 12.2 Å². The fraction of sp³-hybridized carbons (Fsp3) is 0. The van der Waals surface area contributed by atoms with Gasteiger partial charge in [0.25, 0.3) is 0 Å². The summed E-state index contributed by atoms with van der Waals surface area (Å²) in [7, 11) is 0. The van der Waals surface area contributed by atoms with Gasteiger partial charge in [-0.2, -0.15) is 0 Å². The van der Waals surface area contributed by atoms with Gasteiger partial charge in [-0.3, -0.25) is 4.79 Å². The predicted molar refractivity (Wildman–Crippen MR) is 52.4 cm³/mol. The van der Waals surface area contributed by atoms with Crippen LogP contribution < -0.4 is 5.32 Å². The molecule has 1 rings (SSSR count). The van der Waals surface area contributed by atoms with Crippen LogP contribution in [0.2, 0.25) is 5.15 Å². The van der Waals surface area contributed by atoms with E-state index < -0.39 is 11.9 Å². The number of nitrogens with zero attached hydrogens (tertiary/aromatic N) is 2. The fourth-order valence-electron chi connectivity index (χ4n) is 0.698. The maximum absolute atomic E-state index is 11.0. The van der Waals surface area contributed by atoms with E-state index in [0.717, 1.165) is 12.2 Å². The van der Waals surface area contributed by atoms with Crippen molar-refractivity contribution in [3.8, 4) is 0 Å². The first-order valence-corrected chi connectivity index (χ1v) is 4.17. The summed E-state index contributed by atoms with van der Waals surface area (Å²) in [6.07, 6.45) is 1.59. The molecule has 0 aliphatic rings. The van der Waals surface area contributed by atoms with E-state index >= 15 is 0 Å². The zero-order valence-electron chi connectivity index (χ0n) is 7.35. The number of aliphatic carboxylic acids is 1. The van der Waals surface area contributed by atoms with Gasteiger partial charge in [0.05, 0.1) is 0 Å². The summed E-state index contributed by atoms with van der Waals surface area (Å²) in [6, 6.07) is 2.90. The van der Waals surface area contributed by atoms with Gasteiger partial charge in [-0.25, -0.2) is 4.79 Å². The predicted octanol–water partition coefficient (Wildman–Crippen LogP) is 0.709. The van der Waals surface area contributed by atoms with E-state index in [1.54, 1.807) is 0 Å². The Hall–Kier alpha value is -1.95. The molecule has 0 atom stereocenters. The lowest BCUT2D eigenvalue weighted by Gasteiger charge is -1.98. The van der Waals surface area contributed by atoms with Crippen LogP contribution in [0.25, 0.3) is 0 Å². The van der Waals surface area contributed by atoms with E-state index in [1.807, 2.05) is 0 Å².